The highest BCUT2D eigenvalue weighted by molar-refractivity contribution is 5.53. The lowest BCUT2D eigenvalue weighted by Gasteiger charge is -2.23. The quantitative estimate of drug-likeness (QED) is 0.759. The Morgan fingerprint density at radius 2 is 2.16 bits per heavy atom. The smallest absolute Gasteiger partial charge is 0.123 e. The number of anilines is 1. The minimum Gasteiger partial charge on any atom is -0.374 e. The Hall–Kier alpha value is -1.09. The van der Waals surface area contributed by atoms with Crippen molar-refractivity contribution in [2.75, 3.05) is 25.0 Å². The van der Waals surface area contributed by atoms with Crippen molar-refractivity contribution in [3.8, 4) is 0 Å². The molecular formula is C16H25FN2. The molecular weight excluding hydrogens is 239 g/mol. The molecule has 0 heterocycles. The highest BCUT2D eigenvalue weighted by atomic mass is 19.1. The second-order valence-corrected chi connectivity index (χ2v) is 5.80. The van der Waals surface area contributed by atoms with Gasteiger partial charge in [0.05, 0.1) is 0 Å². The minimum atomic E-state index is -0.148. The largest absolute Gasteiger partial charge is 0.374 e. The minimum absolute atomic E-state index is 0.148. The van der Waals surface area contributed by atoms with E-state index in [1.54, 1.807) is 12.1 Å². The standard InChI is InChI=1S/C16H25FN2/c1-4-7-18-10-13-9-15(17)5-6-16(13)19(3)11-14-8-12(14)2/h5-6,9,12,14,18H,4,7-8,10-11H2,1-3H3. The summed E-state index contributed by atoms with van der Waals surface area (Å²) in [6, 6.07) is 5.13. The summed E-state index contributed by atoms with van der Waals surface area (Å²) < 4.78 is 13.4. The van der Waals surface area contributed by atoms with Gasteiger partial charge in [0.2, 0.25) is 0 Å². The highest BCUT2D eigenvalue weighted by Crippen LogP contribution is 2.39. The zero-order chi connectivity index (χ0) is 13.8. The van der Waals surface area contributed by atoms with Crippen LogP contribution in [0, 0.1) is 17.7 Å². The number of halogens is 1. The molecule has 1 aliphatic carbocycles. The number of benzene rings is 1. The predicted molar refractivity (Wildman–Crippen MR) is 78.9 cm³/mol. The van der Waals surface area contributed by atoms with Crippen molar-refractivity contribution in [2.24, 2.45) is 11.8 Å². The van der Waals surface area contributed by atoms with Crippen molar-refractivity contribution in [3.05, 3.63) is 29.6 Å². The third kappa shape index (κ3) is 3.93. The van der Waals surface area contributed by atoms with Gasteiger partial charge in [-0.1, -0.05) is 13.8 Å². The maximum absolute atomic E-state index is 13.4. The summed E-state index contributed by atoms with van der Waals surface area (Å²) in [5.41, 5.74) is 2.22. The Morgan fingerprint density at radius 3 is 2.79 bits per heavy atom. The molecule has 1 saturated carbocycles. The Balaban J connectivity index is 2.04. The summed E-state index contributed by atoms with van der Waals surface area (Å²) in [4.78, 5) is 2.27. The van der Waals surface area contributed by atoms with Crippen LogP contribution in [0.15, 0.2) is 18.2 Å². The van der Waals surface area contributed by atoms with Gasteiger partial charge in [0, 0.05) is 25.8 Å². The van der Waals surface area contributed by atoms with Gasteiger partial charge in [0.15, 0.2) is 0 Å². The van der Waals surface area contributed by atoms with Crippen LogP contribution in [0.2, 0.25) is 0 Å². The number of hydrogen-bond acceptors (Lipinski definition) is 2. The summed E-state index contributed by atoms with van der Waals surface area (Å²) in [7, 11) is 2.11. The first kappa shape index (κ1) is 14.3. The lowest BCUT2D eigenvalue weighted by Crippen LogP contribution is -2.24. The lowest BCUT2D eigenvalue weighted by atomic mass is 10.1. The first-order chi connectivity index (χ1) is 9.11. The molecule has 1 N–H and O–H groups in total. The first-order valence-electron chi connectivity index (χ1n) is 7.32. The Labute approximate surface area is 116 Å². The lowest BCUT2D eigenvalue weighted by molar-refractivity contribution is 0.617. The van der Waals surface area contributed by atoms with Crippen molar-refractivity contribution >= 4 is 5.69 Å². The SMILES string of the molecule is CCCNCc1cc(F)ccc1N(C)CC1CC1C. The van der Waals surface area contributed by atoms with E-state index in [1.807, 2.05) is 6.07 Å². The average Bonchev–Trinajstić information content (AvgIpc) is 3.05. The predicted octanol–water partition coefficient (Wildman–Crippen LogP) is 3.42. The van der Waals surface area contributed by atoms with Gasteiger partial charge in [-0.05, 0) is 55.0 Å². The molecule has 1 aromatic carbocycles. The van der Waals surface area contributed by atoms with Crippen LogP contribution in [0.25, 0.3) is 0 Å². The number of nitrogens with one attached hydrogen (secondary N) is 1. The average molecular weight is 264 g/mol. The molecule has 0 spiro atoms. The Bertz CT molecular complexity index is 419. The van der Waals surface area contributed by atoms with E-state index in [0.717, 1.165) is 49.1 Å². The molecule has 1 aromatic rings. The zero-order valence-corrected chi connectivity index (χ0v) is 12.2. The maximum atomic E-state index is 13.4. The van der Waals surface area contributed by atoms with Crippen LogP contribution in [0.5, 0.6) is 0 Å². The van der Waals surface area contributed by atoms with Gasteiger partial charge >= 0.3 is 0 Å². The van der Waals surface area contributed by atoms with Gasteiger partial charge < -0.3 is 10.2 Å². The van der Waals surface area contributed by atoms with E-state index in [1.165, 1.54) is 6.42 Å². The van der Waals surface area contributed by atoms with Gasteiger partial charge in [0.25, 0.3) is 0 Å². The molecule has 0 bridgehead atoms. The summed E-state index contributed by atoms with van der Waals surface area (Å²) in [5, 5.41) is 3.36. The van der Waals surface area contributed by atoms with Crippen molar-refractivity contribution in [1.82, 2.24) is 5.32 Å². The fraction of sp³-hybridized carbons (Fsp3) is 0.625. The topological polar surface area (TPSA) is 15.3 Å². The molecule has 2 unspecified atom stereocenters. The summed E-state index contributed by atoms with van der Waals surface area (Å²) in [6.45, 7) is 7.23. The summed E-state index contributed by atoms with van der Waals surface area (Å²) in [5.74, 6) is 1.52. The van der Waals surface area contributed by atoms with E-state index in [2.05, 4.69) is 31.1 Å². The Kier molecular flexibility index (Phi) is 4.81. The second-order valence-electron chi connectivity index (χ2n) is 5.80. The zero-order valence-electron chi connectivity index (χ0n) is 12.2. The number of nitrogens with zero attached hydrogens (tertiary/aromatic N) is 1. The van der Waals surface area contributed by atoms with Crippen LogP contribution in [0.4, 0.5) is 10.1 Å². The molecule has 106 valence electrons. The van der Waals surface area contributed by atoms with E-state index in [-0.39, 0.29) is 5.82 Å². The van der Waals surface area contributed by atoms with Gasteiger partial charge in [0.1, 0.15) is 5.82 Å². The van der Waals surface area contributed by atoms with Crippen LogP contribution in [-0.2, 0) is 6.54 Å². The first-order valence-corrected chi connectivity index (χ1v) is 7.32. The molecule has 1 aliphatic rings. The molecule has 2 nitrogen and oxygen atoms in total. The molecule has 3 heteroatoms. The van der Waals surface area contributed by atoms with Gasteiger partial charge in [-0.15, -0.1) is 0 Å². The van der Waals surface area contributed by atoms with Crippen molar-refractivity contribution in [1.29, 1.82) is 0 Å². The maximum Gasteiger partial charge on any atom is 0.123 e. The molecule has 2 rings (SSSR count). The molecule has 0 radical (unpaired) electrons. The molecule has 0 aliphatic heterocycles. The van der Waals surface area contributed by atoms with E-state index in [0.29, 0.717) is 0 Å². The third-order valence-electron chi connectivity index (χ3n) is 3.98. The third-order valence-corrected chi connectivity index (χ3v) is 3.98. The number of rotatable bonds is 7. The van der Waals surface area contributed by atoms with Crippen LogP contribution in [0.3, 0.4) is 0 Å². The fourth-order valence-electron chi connectivity index (χ4n) is 2.57. The van der Waals surface area contributed by atoms with Gasteiger partial charge in [-0.3, -0.25) is 0 Å². The van der Waals surface area contributed by atoms with Crippen LogP contribution in [-0.4, -0.2) is 20.1 Å². The summed E-state index contributed by atoms with van der Waals surface area (Å²) >= 11 is 0. The monoisotopic (exact) mass is 264 g/mol. The van der Waals surface area contributed by atoms with Gasteiger partial charge in [-0.25, -0.2) is 4.39 Å². The van der Waals surface area contributed by atoms with Crippen LogP contribution in [0.1, 0.15) is 32.3 Å². The number of hydrogen-bond donors (Lipinski definition) is 1. The van der Waals surface area contributed by atoms with Crippen LogP contribution >= 0.6 is 0 Å². The fourth-order valence-corrected chi connectivity index (χ4v) is 2.57. The summed E-state index contributed by atoms with van der Waals surface area (Å²) in [6.07, 6.45) is 2.43. The van der Waals surface area contributed by atoms with E-state index < -0.39 is 0 Å². The second kappa shape index (κ2) is 6.38. The molecule has 0 aromatic heterocycles. The van der Waals surface area contributed by atoms with Gasteiger partial charge in [-0.2, -0.15) is 0 Å². The molecule has 0 amide bonds. The molecule has 0 saturated heterocycles. The van der Waals surface area contributed by atoms with Crippen molar-refractivity contribution in [3.63, 3.8) is 0 Å². The highest BCUT2D eigenvalue weighted by Gasteiger charge is 2.33. The molecule has 2 atom stereocenters. The molecule has 1 fully saturated rings. The Morgan fingerprint density at radius 1 is 1.42 bits per heavy atom. The van der Waals surface area contributed by atoms with E-state index in [9.17, 15) is 4.39 Å². The van der Waals surface area contributed by atoms with Crippen LogP contribution < -0.4 is 10.2 Å². The molecule has 19 heavy (non-hydrogen) atoms. The van der Waals surface area contributed by atoms with Crippen molar-refractivity contribution < 1.29 is 4.39 Å². The van der Waals surface area contributed by atoms with E-state index in [4.69, 9.17) is 0 Å². The van der Waals surface area contributed by atoms with E-state index >= 15 is 0 Å². The normalized spacial score (nSPS) is 21.5. The van der Waals surface area contributed by atoms with Crippen molar-refractivity contribution in [2.45, 2.75) is 33.2 Å².